The molecule has 94 valence electrons. The van der Waals surface area contributed by atoms with E-state index in [1.165, 1.54) is 0 Å². The molecule has 0 aromatic rings. The van der Waals surface area contributed by atoms with Crippen molar-refractivity contribution in [3.63, 3.8) is 0 Å². The molecule has 1 atom stereocenters. The number of hydrogen-bond acceptors (Lipinski definition) is 4. The third-order valence-corrected chi connectivity index (χ3v) is 5.49. The molecule has 5 nitrogen and oxygen atoms in total. The summed E-state index contributed by atoms with van der Waals surface area (Å²) < 4.78 is 32.3. The molecule has 0 aromatic carbocycles. The number of sulfonamides is 1. The summed E-state index contributed by atoms with van der Waals surface area (Å²) in [6.45, 7) is 4.67. The summed E-state index contributed by atoms with van der Waals surface area (Å²) in [5.41, 5.74) is -0.308. The lowest BCUT2D eigenvalue weighted by molar-refractivity contribution is 0.0979. The maximum Gasteiger partial charge on any atom is 0.215 e. The van der Waals surface area contributed by atoms with E-state index in [0.29, 0.717) is 26.1 Å². The van der Waals surface area contributed by atoms with Gasteiger partial charge >= 0.3 is 0 Å². The average molecular weight is 248 g/mol. The summed E-state index contributed by atoms with van der Waals surface area (Å²) in [6.07, 6.45) is 2.08. The van der Waals surface area contributed by atoms with Gasteiger partial charge in [0.15, 0.2) is 0 Å². The van der Waals surface area contributed by atoms with Crippen LogP contribution in [0.2, 0.25) is 0 Å². The molecule has 6 heteroatoms. The second-order valence-corrected chi connectivity index (χ2v) is 6.91. The Balaban J connectivity index is 2.01. The van der Waals surface area contributed by atoms with Crippen LogP contribution in [0, 0.1) is 0 Å². The smallest absolute Gasteiger partial charge is 0.215 e. The SMILES string of the molecule is CC1(NS(=O)(=O)C2CCOCC2)CCNC1. The zero-order valence-corrected chi connectivity index (χ0v) is 10.5. The topological polar surface area (TPSA) is 67.4 Å². The molecule has 0 bridgehead atoms. The van der Waals surface area contributed by atoms with E-state index in [9.17, 15) is 8.42 Å². The molecule has 0 saturated carbocycles. The molecule has 2 saturated heterocycles. The first-order valence-corrected chi connectivity index (χ1v) is 7.38. The Bertz CT molecular complexity index is 330. The third kappa shape index (κ3) is 2.74. The fourth-order valence-corrected chi connectivity index (χ4v) is 4.16. The zero-order valence-electron chi connectivity index (χ0n) is 9.66. The molecule has 1 unspecified atom stereocenters. The normalized spacial score (nSPS) is 33.1. The van der Waals surface area contributed by atoms with Gasteiger partial charge in [0.05, 0.1) is 5.25 Å². The van der Waals surface area contributed by atoms with Gasteiger partial charge in [0.25, 0.3) is 0 Å². The lowest BCUT2D eigenvalue weighted by Crippen LogP contribution is -2.51. The molecule has 0 aromatic heterocycles. The Morgan fingerprint density at radius 3 is 2.62 bits per heavy atom. The minimum atomic E-state index is -3.20. The van der Waals surface area contributed by atoms with Crippen molar-refractivity contribution in [3.8, 4) is 0 Å². The van der Waals surface area contributed by atoms with Crippen molar-refractivity contribution >= 4 is 10.0 Å². The fourth-order valence-electron chi connectivity index (χ4n) is 2.32. The summed E-state index contributed by atoms with van der Waals surface area (Å²) >= 11 is 0. The highest BCUT2D eigenvalue weighted by Gasteiger charge is 2.36. The minimum Gasteiger partial charge on any atom is -0.381 e. The maximum atomic E-state index is 12.2. The van der Waals surface area contributed by atoms with Crippen LogP contribution in [0.15, 0.2) is 0 Å². The van der Waals surface area contributed by atoms with Gasteiger partial charge in [0, 0.05) is 25.3 Å². The molecule has 2 aliphatic rings. The van der Waals surface area contributed by atoms with E-state index in [2.05, 4.69) is 10.0 Å². The van der Waals surface area contributed by atoms with Gasteiger partial charge in [-0.05, 0) is 32.7 Å². The van der Waals surface area contributed by atoms with E-state index in [1.807, 2.05) is 6.92 Å². The molecular formula is C10H20N2O3S. The molecule has 2 fully saturated rings. The quantitative estimate of drug-likeness (QED) is 0.728. The van der Waals surface area contributed by atoms with Crippen LogP contribution in [0.3, 0.4) is 0 Å². The Morgan fingerprint density at radius 2 is 2.06 bits per heavy atom. The first-order chi connectivity index (χ1) is 7.52. The molecule has 2 rings (SSSR count). The average Bonchev–Trinajstić information content (AvgIpc) is 2.65. The molecule has 0 radical (unpaired) electrons. The standard InChI is InChI=1S/C10H20N2O3S/c1-10(4-5-11-8-10)12-16(13,14)9-2-6-15-7-3-9/h9,11-12H,2-8H2,1H3. The van der Waals surface area contributed by atoms with Crippen LogP contribution in [-0.4, -0.2) is 45.5 Å². The van der Waals surface area contributed by atoms with Crippen molar-refractivity contribution in [2.45, 2.75) is 37.0 Å². The molecule has 16 heavy (non-hydrogen) atoms. The summed E-state index contributed by atoms with van der Waals surface area (Å²) in [6, 6.07) is 0. The van der Waals surface area contributed by atoms with E-state index in [0.717, 1.165) is 19.5 Å². The number of nitrogens with one attached hydrogen (secondary N) is 2. The van der Waals surface area contributed by atoms with Gasteiger partial charge in [-0.3, -0.25) is 0 Å². The molecule has 0 spiro atoms. The predicted octanol–water partition coefficient (Wildman–Crippen LogP) is -0.163. The molecule has 2 aliphatic heterocycles. The molecule has 0 aliphatic carbocycles. The number of hydrogen-bond donors (Lipinski definition) is 2. The van der Waals surface area contributed by atoms with Gasteiger partial charge in [-0.25, -0.2) is 13.1 Å². The lowest BCUT2D eigenvalue weighted by atomic mass is 10.0. The first-order valence-electron chi connectivity index (χ1n) is 5.83. The lowest BCUT2D eigenvalue weighted by Gasteiger charge is -2.29. The van der Waals surface area contributed by atoms with Crippen LogP contribution >= 0.6 is 0 Å². The van der Waals surface area contributed by atoms with Crippen molar-refractivity contribution in [2.24, 2.45) is 0 Å². The number of ether oxygens (including phenoxy) is 1. The molecule has 2 N–H and O–H groups in total. The van der Waals surface area contributed by atoms with Crippen molar-refractivity contribution in [1.29, 1.82) is 0 Å². The van der Waals surface area contributed by atoms with Gasteiger partial charge in [0.1, 0.15) is 0 Å². The highest BCUT2D eigenvalue weighted by atomic mass is 32.2. The van der Waals surface area contributed by atoms with Crippen LogP contribution < -0.4 is 10.0 Å². The second-order valence-electron chi connectivity index (χ2n) is 4.95. The highest BCUT2D eigenvalue weighted by molar-refractivity contribution is 7.90. The molecular weight excluding hydrogens is 228 g/mol. The predicted molar refractivity (Wildman–Crippen MR) is 61.8 cm³/mol. The van der Waals surface area contributed by atoms with E-state index >= 15 is 0 Å². The van der Waals surface area contributed by atoms with Crippen LogP contribution in [0.1, 0.15) is 26.2 Å². The van der Waals surface area contributed by atoms with E-state index in [1.54, 1.807) is 0 Å². The summed E-state index contributed by atoms with van der Waals surface area (Å²) in [7, 11) is -3.20. The van der Waals surface area contributed by atoms with E-state index in [-0.39, 0.29) is 10.8 Å². The monoisotopic (exact) mass is 248 g/mol. The van der Waals surface area contributed by atoms with Crippen molar-refractivity contribution in [3.05, 3.63) is 0 Å². The van der Waals surface area contributed by atoms with Gasteiger partial charge < -0.3 is 10.1 Å². The van der Waals surface area contributed by atoms with Gasteiger partial charge in [-0.15, -0.1) is 0 Å². The summed E-state index contributed by atoms with van der Waals surface area (Å²) in [5.74, 6) is 0. The van der Waals surface area contributed by atoms with Crippen LogP contribution in [0.25, 0.3) is 0 Å². The zero-order chi connectivity index (χ0) is 11.6. The third-order valence-electron chi connectivity index (χ3n) is 3.36. The molecule has 0 amide bonds. The summed E-state index contributed by atoms with van der Waals surface area (Å²) in [5, 5.41) is 2.91. The molecule has 2 heterocycles. The first kappa shape index (κ1) is 12.3. The van der Waals surface area contributed by atoms with E-state index < -0.39 is 10.0 Å². The Hall–Kier alpha value is -0.170. The minimum absolute atomic E-state index is 0.279. The van der Waals surface area contributed by atoms with Gasteiger partial charge in [0.2, 0.25) is 10.0 Å². The Morgan fingerprint density at radius 1 is 1.38 bits per heavy atom. The second kappa shape index (κ2) is 4.60. The van der Waals surface area contributed by atoms with Crippen molar-refractivity contribution in [1.82, 2.24) is 10.0 Å². The van der Waals surface area contributed by atoms with Crippen molar-refractivity contribution < 1.29 is 13.2 Å². The van der Waals surface area contributed by atoms with Crippen LogP contribution in [0.4, 0.5) is 0 Å². The van der Waals surface area contributed by atoms with Gasteiger partial charge in [-0.1, -0.05) is 0 Å². The summed E-state index contributed by atoms with van der Waals surface area (Å²) in [4.78, 5) is 0. The fraction of sp³-hybridized carbons (Fsp3) is 1.00. The van der Waals surface area contributed by atoms with E-state index in [4.69, 9.17) is 4.74 Å². The number of rotatable bonds is 3. The highest BCUT2D eigenvalue weighted by Crippen LogP contribution is 2.20. The van der Waals surface area contributed by atoms with Crippen molar-refractivity contribution in [2.75, 3.05) is 26.3 Å². The Kier molecular flexibility index (Phi) is 3.53. The van der Waals surface area contributed by atoms with Gasteiger partial charge in [-0.2, -0.15) is 0 Å². The maximum absolute atomic E-state index is 12.2. The van der Waals surface area contributed by atoms with Crippen LogP contribution in [-0.2, 0) is 14.8 Å². The largest absolute Gasteiger partial charge is 0.381 e. The Labute approximate surface area is 97.0 Å². The van der Waals surface area contributed by atoms with Crippen LogP contribution in [0.5, 0.6) is 0 Å².